The summed E-state index contributed by atoms with van der Waals surface area (Å²) in [7, 11) is 4.08. The number of carbonyl (C=O) groups excluding carboxylic acids is 1. The minimum Gasteiger partial charge on any atom is -0.344 e. The summed E-state index contributed by atoms with van der Waals surface area (Å²) in [6.07, 6.45) is 55.1. The number of rotatable bonds is 35. The first-order valence-corrected chi connectivity index (χ1v) is 22.6. The van der Waals surface area contributed by atoms with E-state index < -0.39 is 0 Å². The van der Waals surface area contributed by atoms with Crippen LogP contribution in [-0.2, 0) is 14.3 Å². The van der Waals surface area contributed by atoms with Crippen LogP contribution in [0.25, 0.3) is 0 Å². The maximum absolute atomic E-state index is 12.6. The number of allylic oxidation sites excluding steroid dienone is 8. The molecule has 2 fully saturated rings. The standard InChI is InChI=1S/C48H85NO3/c1-5-7-9-11-13-15-17-19-21-23-25-27-29-31-33-35-38-48(51-46-42-44(43-47(46)52-48)41-45(50)37-40-49(3)4)39-36-34-32-30-28-26-24-22-20-18-16-14-12-10-8-6-2/h13-16,19-22,44,46-47H,5-12,17-18,23-43H2,1-4H3/b15-13-,16-14-,21-19-,22-20-/t44?,46-,47+. The fourth-order valence-corrected chi connectivity index (χ4v) is 7.95. The van der Waals surface area contributed by atoms with Crippen LogP contribution in [0.1, 0.15) is 206 Å². The van der Waals surface area contributed by atoms with E-state index in [1.54, 1.807) is 0 Å². The summed E-state index contributed by atoms with van der Waals surface area (Å²) in [5.41, 5.74) is 0. The molecule has 3 atom stereocenters. The number of unbranched alkanes of at least 4 members (excludes halogenated alkanes) is 18. The van der Waals surface area contributed by atoms with Crippen molar-refractivity contribution in [3.05, 3.63) is 48.6 Å². The summed E-state index contributed by atoms with van der Waals surface area (Å²) in [4.78, 5) is 14.7. The van der Waals surface area contributed by atoms with Crippen LogP contribution >= 0.6 is 0 Å². The molecule has 1 saturated carbocycles. The molecule has 0 spiro atoms. The lowest BCUT2D eigenvalue weighted by atomic mass is 9.97. The zero-order chi connectivity index (χ0) is 37.4. The number of fused-ring (bicyclic) bond motifs is 1. The molecular weight excluding hydrogens is 639 g/mol. The van der Waals surface area contributed by atoms with Crippen molar-refractivity contribution in [3.8, 4) is 0 Å². The molecular formula is C48H85NO3. The van der Waals surface area contributed by atoms with Crippen molar-refractivity contribution in [3.63, 3.8) is 0 Å². The van der Waals surface area contributed by atoms with Crippen LogP contribution in [0.3, 0.4) is 0 Å². The number of ether oxygens (including phenoxy) is 2. The van der Waals surface area contributed by atoms with Crippen molar-refractivity contribution < 1.29 is 14.3 Å². The van der Waals surface area contributed by atoms with Gasteiger partial charge in [0.2, 0.25) is 0 Å². The smallest absolute Gasteiger partial charge is 0.169 e. The molecule has 0 aromatic carbocycles. The normalized spacial score (nSPS) is 20.2. The van der Waals surface area contributed by atoms with Gasteiger partial charge in [0.25, 0.3) is 0 Å². The van der Waals surface area contributed by atoms with Crippen molar-refractivity contribution in [1.82, 2.24) is 4.90 Å². The average molecular weight is 724 g/mol. The second-order valence-corrected chi connectivity index (χ2v) is 16.5. The molecule has 0 aromatic heterocycles. The molecule has 0 N–H and O–H groups in total. The van der Waals surface area contributed by atoms with Gasteiger partial charge in [0, 0.05) is 32.2 Å². The molecule has 1 saturated heterocycles. The van der Waals surface area contributed by atoms with Crippen LogP contribution in [0.2, 0.25) is 0 Å². The van der Waals surface area contributed by atoms with Crippen LogP contribution in [0.5, 0.6) is 0 Å². The largest absolute Gasteiger partial charge is 0.344 e. The molecule has 300 valence electrons. The molecule has 0 bridgehead atoms. The minimum absolute atomic E-state index is 0.181. The van der Waals surface area contributed by atoms with Crippen LogP contribution in [-0.4, -0.2) is 49.3 Å². The Balaban J connectivity index is 1.64. The SMILES string of the molecule is CCCCC/C=C\C/C=C\CCCCCCCCC1(CCCCCCCC/C=C\C/C=C\CCCCC)O[C@H]2CC(CC(=O)CCN(C)C)C[C@H]2O1. The third-order valence-electron chi connectivity index (χ3n) is 11.1. The van der Waals surface area contributed by atoms with Gasteiger partial charge in [-0.05, 0) is 110 Å². The lowest BCUT2D eigenvalue weighted by molar-refractivity contribution is -0.193. The predicted molar refractivity (Wildman–Crippen MR) is 226 cm³/mol. The van der Waals surface area contributed by atoms with Crippen molar-refractivity contribution in [1.29, 1.82) is 0 Å². The van der Waals surface area contributed by atoms with Gasteiger partial charge in [0.15, 0.2) is 5.79 Å². The molecule has 2 rings (SSSR count). The third kappa shape index (κ3) is 24.0. The molecule has 52 heavy (non-hydrogen) atoms. The van der Waals surface area contributed by atoms with Crippen LogP contribution in [0.15, 0.2) is 48.6 Å². The van der Waals surface area contributed by atoms with Gasteiger partial charge in [-0.15, -0.1) is 0 Å². The van der Waals surface area contributed by atoms with E-state index in [4.69, 9.17) is 9.47 Å². The number of carbonyl (C=O) groups is 1. The Morgan fingerprint density at radius 3 is 1.35 bits per heavy atom. The van der Waals surface area contributed by atoms with Gasteiger partial charge in [-0.25, -0.2) is 0 Å². The summed E-state index contributed by atoms with van der Waals surface area (Å²) in [6.45, 7) is 5.38. The van der Waals surface area contributed by atoms with Crippen LogP contribution in [0.4, 0.5) is 0 Å². The molecule has 0 radical (unpaired) electrons. The van der Waals surface area contributed by atoms with Crippen molar-refractivity contribution in [2.24, 2.45) is 5.92 Å². The van der Waals surface area contributed by atoms with E-state index in [1.165, 1.54) is 141 Å². The van der Waals surface area contributed by atoms with Gasteiger partial charge in [-0.3, -0.25) is 4.79 Å². The van der Waals surface area contributed by atoms with E-state index in [1.807, 2.05) is 14.1 Å². The molecule has 4 heteroatoms. The van der Waals surface area contributed by atoms with E-state index in [9.17, 15) is 4.79 Å². The number of hydrogen-bond acceptors (Lipinski definition) is 4. The second-order valence-electron chi connectivity index (χ2n) is 16.5. The summed E-state index contributed by atoms with van der Waals surface area (Å²) >= 11 is 0. The van der Waals surface area contributed by atoms with Crippen LogP contribution in [0, 0.1) is 5.92 Å². The fourth-order valence-electron chi connectivity index (χ4n) is 7.95. The molecule has 4 nitrogen and oxygen atoms in total. The van der Waals surface area contributed by atoms with Gasteiger partial charge < -0.3 is 14.4 Å². The summed E-state index contributed by atoms with van der Waals surface area (Å²) in [5, 5.41) is 0. The molecule has 1 unspecified atom stereocenters. The molecule has 0 amide bonds. The van der Waals surface area contributed by atoms with Gasteiger partial charge in [-0.1, -0.05) is 140 Å². The van der Waals surface area contributed by atoms with E-state index in [-0.39, 0.29) is 18.0 Å². The fraction of sp³-hybridized carbons (Fsp3) is 0.812. The Labute approximate surface area is 323 Å². The van der Waals surface area contributed by atoms with Gasteiger partial charge in [0.1, 0.15) is 5.78 Å². The zero-order valence-corrected chi connectivity index (χ0v) is 34.9. The Bertz CT molecular complexity index is 901. The highest BCUT2D eigenvalue weighted by Gasteiger charge is 2.51. The number of nitrogens with zero attached hydrogens (tertiary/aromatic N) is 1. The summed E-state index contributed by atoms with van der Waals surface area (Å²) < 4.78 is 13.7. The monoisotopic (exact) mass is 724 g/mol. The Kier molecular flexibility index (Phi) is 28.6. The second kappa shape index (κ2) is 31.8. The highest BCUT2D eigenvalue weighted by Crippen LogP contribution is 2.46. The van der Waals surface area contributed by atoms with Crippen molar-refractivity contribution in [2.45, 2.75) is 224 Å². The molecule has 2 aliphatic rings. The topological polar surface area (TPSA) is 38.8 Å². The van der Waals surface area contributed by atoms with E-state index in [0.717, 1.165) is 45.1 Å². The summed E-state index contributed by atoms with van der Waals surface area (Å²) in [6, 6.07) is 0. The number of ketones is 1. The molecule has 1 aliphatic heterocycles. The Morgan fingerprint density at radius 2 is 0.942 bits per heavy atom. The quantitative estimate of drug-likeness (QED) is 0.0482. The minimum atomic E-state index is -0.389. The van der Waals surface area contributed by atoms with Gasteiger partial charge in [0.05, 0.1) is 12.2 Å². The first-order chi connectivity index (χ1) is 25.5. The molecule has 1 aliphatic carbocycles. The average Bonchev–Trinajstić information content (AvgIpc) is 3.65. The lowest BCUT2D eigenvalue weighted by Gasteiger charge is -2.30. The Morgan fingerprint density at radius 1 is 0.558 bits per heavy atom. The van der Waals surface area contributed by atoms with Gasteiger partial charge >= 0.3 is 0 Å². The molecule has 1 heterocycles. The first kappa shape index (κ1) is 46.7. The van der Waals surface area contributed by atoms with Crippen LogP contribution < -0.4 is 0 Å². The lowest BCUT2D eigenvalue weighted by Crippen LogP contribution is -2.32. The first-order valence-electron chi connectivity index (χ1n) is 22.6. The summed E-state index contributed by atoms with van der Waals surface area (Å²) in [5.74, 6) is 0.429. The zero-order valence-electron chi connectivity index (χ0n) is 34.9. The number of Topliss-reactive ketones (excluding diaryl/α,β-unsaturated/α-hetero) is 1. The van der Waals surface area contributed by atoms with E-state index in [2.05, 4.69) is 67.4 Å². The predicted octanol–water partition coefficient (Wildman–Crippen LogP) is 14.2. The van der Waals surface area contributed by atoms with Crippen molar-refractivity contribution in [2.75, 3.05) is 20.6 Å². The maximum Gasteiger partial charge on any atom is 0.169 e. The van der Waals surface area contributed by atoms with E-state index >= 15 is 0 Å². The van der Waals surface area contributed by atoms with Gasteiger partial charge in [-0.2, -0.15) is 0 Å². The third-order valence-corrected chi connectivity index (χ3v) is 11.1. The van der Waals surface area contributed by atoms with E-state index in [0.29, 0.717) is 24.5 Å². The highest BCUT2D eigenvalue weighted by atomic mass is 16.8. The Hall–Kier alpha value is -1.49. The molecule has 0 aromatic rings. The number of hydrogen-bond donors (Lipinski definition) is 0. The highest BCUT2D eigenvalue weighted by molar-refractivity contribution is 5.78. The maximum atomic E-state index is 12.6. The van der Waals surface area contributed by atoms with Crippen molar-refractivity contribution >= 4 is 5.78 Å².